The summed E-state index contributed by atoms with van der Waals surface area (Å²) in [6, 6.07) is 33.2. The molecule has 5 aromatic rings. The number of carbonyl (C=O) groups is 2. The van der Waals surface area contributed by atoms with Gasteiger partial charge in [-0.3, -0.25) is 4.79 Å². The van der Waals surface area contributed by atoms with Gasteiger partial charge in [0, 0.05) is 12.0 Å². The number of aryl methyl sites for hydroxylation is 2. The lowest BCUT2D eigenvalue weighted by Gasteiger charge is -2.18. The molecule has 0 unspecified atom stereocenters. The Kier molecular flexibility index (Phi) is 10.2. The molecule has 0 atom stereocenters. The van der Waals surface area contributed by atoms with E-state index in [9.17, 15) is 22.8 Å². The first kappa shape index (κ1) is 33.2. The van der Waals surface area contributed by atoms with Crippen molar-refractivity contribution in [3.8, 4) is 22.6 Å². The van der Waals surface area contributed by atoms with Crippen molar-refractivity contribution in [2.75, 3.05) is 7.11 Å². The standard InChI is InChI=1S/C40H35F3O4/c1-26(2)35-23-31(24-38(44)30-18-20-34(21-19-30)47-33-10-5-4-6-11-33)37(39(45)46-3)25-36(35)29-16-14-27(15-17-29)12-13-28-8-7-9-32(22-28)40(41,42)43/h4-11,14-23,25-26H,12-13,24H2,1-3H3. The molecule has 0 radical (unpaired) electrons. The largest absolute Gasteiger partial charge is 0.465 e. The van der Waals surface area contributed by atoms with Crippen LogP contribution >= 0.6 is 0 Å². The molecule has 0 saturated heterocycles. The number of carbonyl (C=O) groups excluding carboxylic acids is 2. The Bertz CT molecular complexity index is 1840. The summed E-state index contributed by atoms with van der Waals surface area (Å²) in [5.74, 6) is 0.708. The number of ether oxygens (including phenoxy) is 2. The third-order valence-corrected chi connectivity index (χ3v) is 8.03. The van der Waals surface area contributed by atoms with E-state index in [1.807, 2.05) is 60.7 Å². The minimum atomic E-state index is -4.37. The van der Waals surface area contributed by atoms with E-state index in [4.69, 9.17) is 9.47 Å². The topological polar surface area (TPSA) is 52.6 Å². The molecule has 0 amide bonds. The van der Waals surface area contributed by atoms with E-state index in [1.165, 1.54) is 19.2 Å². The number of rotatable bonds is 11. The highest BCUT2D eigenvalue weighted by atomic mass is 19.4. The van der Waals surface area contributed by atoms with E-state index in [2.05, 4.69) is 13.8 Å². The molecular weight excluding hydrogens is 601 g/mol. The summed E-state index contributed by atoms with van der Waals surface area (Å²) >= 11 is 0. The van der Waals surface area contributed by atoms with Crippen LogP contribution in [0.4, 0.5) is 13.2 Å². The van der Waals surface area contributed by atoms with Gasteiger partial charge in [0.1, 0.15) is 11.5 Å². The van der Waals surface area contributed by atoms with Gasteiger partial charge in [-0.2, -0.15) is 13.2 Å². The first-order valence-electron chi connectivity index (χ1n) is 15.4. The van der Waals surface area contributed by atoms with E-state index >= 15 is 0 Å². The number of methoxy groups -OCH3 is 1. The lowest BCUT2D eigenvalue weighted by Crippen LogP contribution is -2.12. The van der Waals surface area contributed by atoms with Gasteiger partial charge in [-0.05, 0) is 101 Å². The van der Waals surface area contributed by atoms with Crippen molar-refractivity contribution in [3.05, 3.63) is 154 Å². The maximum absolute atomic E-state index is 13.4. The maximum Gasteiger partial charge on any atom is 0.416 e. The lowest BCUT2D eigenvalue weighted by atomic mass is 9.86. The fourth-order valence-electron chi connectivity index (χ4n) is 5.49. The highest BCUT2D eigenvalue weighted by Crippen LogP contribution is 2.34. The molecule has 5 aromatic carbocycles. The summed E-state index contributed by atoms with van der Waals surface area (Å²) in [5, 5.41) is 0. The number of alkyl halides is 3. The van der Waals surface area contributed by atoms with E-state index < -0.39 is 17.7 Å². The number of halogens is 3. The van der Waals surface area contributed by atoms with Crippen molar-refractivity contribution in [1.82, 2.24) is 0 Å². The van der Waals surface area contributed by atoms with Crippen molar-refractivity contribution in [3.63, 3.8) is 0 Å². The van der Waals surface area contributed by atoms with Gasteiger partial charge in [0.2, 0.25) is 0 Å². The van der Waals surface area contributed by atoms with Gasteiger partial charge < -0.3 is 9.47 Å². The molecule has 7 heteroatoms. The Morgan fingerprint density at radius 3 is 2.02 bits per heavy atom. The highest BCUT2D eigenvalue weighted by molar-refractivity contribution is 6.01. The number of hydrogen-bond acceptors (Lipinski definition) is 4. The molecule has 0 heterocycles. The van der Waals surface area contributed by atoms with E-state index in [-0.39, 0.29) is 18.1 Å². The van der Waals surface area contributed by atoms with Gasteiger partial charge in [-0.15, -0.1) is 0 Å². The average Bonchev–Trinajstić information content (AvgIpc) is 3.07. The molecule has 0 aliphatic heterocycles. The molecule has 0 spiro atoms. The minimum absolute atomic E-state index is 0.0117. The smallest absolute Gasteiger partial charge is 0.416 e. The number of hydrogen-bond donors (Lipinski definition) is 0. The summed E-state index contributed by atoms with van der Waals surface area (Å²) in [5.41, 5.74) is 5.06. The number of benzene rings is 5. The summed E-state index contributed by atoms with van der Waals surface area (Å²) < 4.78 is 50.3. The maximum atomic E-state index is 13.4. The first-order valence-corrected chi connectivity index (χ1v) is 15.4. The van der Waals surface area contributed by atoms with Crippen LogP contribution in [0.25, 0.3) is 11.1 Å². The van der Waals surface area contributed by atoms with Gasteiger partial charge in [-0.1, -0.05) is 80.6 Å². The molecule has 4 nitrogen and oxygen atoms in total. The summed E-state index contributed by atoms with van der Waals surface area (Å²) in [6.45, 7) is 4.11. The van der Waals surface area contributed by atoms with Crippen molar-refractivity contribution in [2.24, 2.45) is 0 Å². The average molecular weight is 637 g/mol. The van der Waals surface area contributed by atoms with Gasteiger partial charge >= 0.3 is 12.1 Å². The predicted molar refractivity (Wildman–Crippen MR) is 177 cm³/mol. The Morgan fingerprint density at radius 2 is 1.38 bits per heavy atom. The van der Waals surface area contributed by atoms with Crippen LogP contribution in [0, 0.1) is 0 Å². The zero-order valence-electron chi connectivity index (χ0n) is 26.4. The molecule has 0 aliphatic rings. The van der Waals surface area contributed by atoms with Gasteiger partial charge in [0.15, 0.2) is 5.78 Å². The Balaban J connectivity index is 1.36. The van der Waals surface area contributed by atoms with Crippen molar-refractivity contribution in [2.45, 2.75) is 45.2 Å². The number of esters is 1. The van der Waals surface area contributed by atoms with Crippen LogP contribution in [-0.2, 0) is 30.2 Å². The highest BCUT2D eigenvalue weighted by Gasteiger charge is 2.30. The van der Waals surface area contributed by atoms with Crippen molar-refractivity contribution < 1.29 is 32.2 Å². The van der Waals surface area contributed by atoms with Crippen molar-refractivity contribution >= 4 is 11.8 Å². The Hall–Kier alpha value is -5.17. The number of para-hydroxylation sites is 1. The van der Waals surface area contributed by atoms with Gasteiger partial charge in [-0.25, -0.2) is 4.79 Å². The van der Waals surface area contributed by atoms with Gasteiger partial charge in [0.25, 0.3) is 0 Å². The molecule has 240 valence electrons. The molecule has 0 aromatic heterocycles. The zero-order valence-corrected chi connectivity index (χ0v) is 26.4. The Morgan fingerprint density at radius 1 is 0.723 bits per heavy atom. The second kappa shape index (κ2) is 14.5. The zero-order chi connectivity index (χ0) is 33.6. The molecule has 0 bridgehead atoms. The van der Waals surface area contributed by atoms with Crippen LogP contribution < -0.4 is 4.74 Å². The first-order chi connectivity index (χ1) is 22.5. The molecular formula is C40H35F3O4. The lowest BCUT2D eigenvalue weighted by molar-refractivity contribution is -0.137. The number of Topliss-reactive ketones (excluding diaryl/α,β-unsaturated/α-hetero) is 1. The quantitative estimate of drug-likeness (QED) is 0.107. The van der Waals surface area contributed by atoms with Crippen LogP contribution in [-0.4, -0.2) is 18.9 Å². The molecule has 0 saturated carbocycles. The second-order valence-electron chi connectivity index (χ2n) is 11.7. The second-order valence-corrected chi connectivity index (χ2v) is 11.7. The summed E-state index contributed by atoms with van der Waals surface area (Å²) in [4.78, 5) is 26.4. The van der Waals surface area contributed by atoms with Crippen LogP contribution in [0.2, 0.25) is 0 Å². The Labute approximate surface area is 272 Å². The molecule has 47 heavy (non-hydrogen) atoms. The SMILES string of the molecule is COC(=O)c1cc(-c2ccc(CCc3cccc(C(F)(F)F)c3)cc2)c(C(C)C)cc1CC(=O)c1ccc(Oc2ccccc2)cc1. The van der Waals surface area contributed by atoms with Crippen LogP contribution in [0.3, 0.4) is 0 Å². The van der Waals surface area contributed by atoms with E-state index in [0.717, 1.165) is 28.3 Å². The third-order valence-electron chi connectivity index (χ3n) is 8.03. The fraction of sp³-hybridized carbons (Fsp3) is 0.200. The van der Waals surface area contributed by atoms with Crippen LogP contribution in [0.1, 0.15) is 68.3 Å². The van der Waals surface area contributed by atoms with Crippen LogP contribution in [0.5, 0.6) is 11.5 Å². The number of ketones is 1. The molecule has 0 aliphatic carbocycles. The molecule has 0 N–H and O–H groups in total. The monoisotopic (exact) mass is 636 g/mol. The third kappa shape index (κ3) is 8.36. The summed E-state index contributed by atoms with van der Waals surface area (Å²) in [6.07, 6.45) is -3.32. The van der Waals surface area contributed by atoms with Crippen molar-refractivity contribution in [1.29, 1.82) is 0 Å². The molecule has 5 rings (SSSR count). The fourth-order valence-corrected chi connectivity index (χ4v) is 5.49. The predicted octanol–water partition coefficient (Wildman–Crippen LogP) is 10.3. The van der Waals surface area contributed by atoms with E-state index in [0.29, 0.717) is 46.6 Å². The van der Waals surface area contributed by atoms with Crippen LogP contribution in [0.15, 0.2) is 115 Å². The minimum Gasteiger partial charge on any atom is -0.465 e. The summed E-state index contributed by atoms with van der Waals surface area (Å²) in [7, 11) is 1.31. The molecule has 0 fully saturated rings. The normalized spacial score (nSPS) is 11.4. The van der Waals surface area contributed by atoms with E-state index in [1.54, 1.807) is 36.4 Å². The van der Waals surface area contributed by atoms with Gasteiger partial charge in [0.05, 0.1) is 18.2 Å².